The van der Waals surface area contributed by atoms with Crippen LogP contribution in [0.5, 0.6) is 0 Å². The Balaban J connectivity index is 1.85. The van der Waals surface area contributed by atoms with Gasteiger partial charge in [-0.3, -0.25) is 4.79 Å². The number of benzene rings is 2. The first-order valence-corrected chi connectivity index (χ1v) is 8.29. The van der Waals surface area contributed by atoms with Crippen LogP contribution in [0, 0.1) is 5.92 Å². The van der Waals surface area contributed by atoms with E-state index in [1.165, 1.54) is 0 Å². The summed E-state index contributed by atoms with van der Waals surface area (Å²) in [6.07, 6.45) is 0. The number of amides is 1. The summed E-state index contributed by atoms with van der Waals surface area (Å²) in [5.41, 5.74) is 3.40. The van der Waals surface area contributed by atoms with Gasteiger partial charge in [0.05, 0.1) is 11.6 Å². The van der Waals surface area contributed by atoms with Crippen LogP contribution in [0.2, 0.25) is 0 Å². The van der Waals surface area contributed by atoms with E-state index in [1.807, 2.05) is 54.1 Å². The van der Waals surface area contributed by atoms with E-state index in [9.17, 15) is 4.79 Å². The highest BCUT2D eigenvalue weighted by atomic mass is 16.1. The topological polar surface area (TPSA) is 59.8 Å². The van der Waals surface area contributed by atoms with Crippen LogP contribution in [0.25, 0.3) is 11.0 Å². The molecule has 0 radical (unpaired) electrons. The van der Waals surface area contributed by atoms with Gasteiger partial charge in [0.25, 0.3) is 5.91 Å². The van der Waals surface area contributed by atoms with Crippen molar-refractivity contribution < 1.29 is 4.79 Å². The van der Waals surface area contributed by atoms with E-state index in [4.69, 9.17) is 0 Å². The predicted octanol–water partition coefficient (Wildman–Crippen LogP) is 3.58. The summed E-state index contributed by atoms with van der Waals surface area (Å²) >= 11 is 0. The molecule has 0 saturated heterocycles. The lowest BCUT2D eigenvalue weighted by Gasteiger charge is -2.23. The normalized spacial score (nSPS) is 12.5. The summed E-state index contributed by atoms with van der Waals surface area (Å²) in [7, 11) is 0. The molecular formula is C19H22N4O. The lowest BCUT2D eigenvalue weighted by molar-refractivity contribution is 0.0925. The molecule has 1 unspecified atom stereocenters. The number of hydrogen-bond acceptors (Lipinski definition) is 3. The summed E-state index contributed by atoms with van der Waals surface area (Å²) in [6.45, 7) is 6.98. The molecular weight excluding hydrogens is 300 g/mol. The summed E-state index contributed by atoms with van der Waals surface area (Å²) in [5.74, 6) is 0.201. The minimum absolute atomic E-state index is 0.0271. The third kappa shape index (κ3) is 3.15. The molecule has 1 aromatic heterocycles. The quantitative estimate of drug-likeness (QED) is 0.781. The van der Waals surface area contributed by atoms with E-state index < -0.39 is 0 Å². The first-order valence-electron chi connectivity index (χ1n) is 8.29. The van der Waals surface area contributed by atoms with Crippen molar-refractivity contribution >= 4 is 16.9 Å². The van der Waals surface area contributed by atoms with Crippen LogP contribution in [-0.4, -0.2) is 20.9 Å². The maximum absolute atomic E-state index is 12.7. The van der Waals surface area contributed by atoms with Crippen LogP contribution in [0.15, 0.2) is 48.5 Å². The van der Waals surface area contributed by atoms with Crippen molar-refractivity contribution in [2.24, 2.45) is 5.92 Å². The number of carbonyl (C=O) groups is 1. The fourth-order valence-corrected chi connectivity index (χ4v) is 2.87. The number of rotatable bonds is 5. The van der Waals surface area contributed by atoms with Crippen molar-refractivity contribution in [1.82, 2.24) is 20.3 Å². The van der Waals surface area contributed by atoms with E-state index in [0.29, 0.717) is 11.5 Å². The van der Waals surface area contributed by atoms with E-state index in [1.54, 1.807) is 6.07 Å². The number of aromatic nitrogens is 3. The predicted molar refractivity (Wildman–Crippen MR) is 94.7 cm³/mol. The summed E-state index contributed by atoms with van der Waals surface area (Å²) in [4.78, 5) is 12.7. The molecule has 5 heteroatoms. The van der Waals surface area contributed by atoms with Gasteiger partial charge in [-0.25, -0.2) is 4.68 Å². The molecule has 0 bridgehead atoms. The maximum atomic E-state index is 12.7. The number of hydrogen-bond donors (Lipinski definition) is 1. The van der Waals surface area contributed by atoms with Crippen LogP contribution in [0.3, 0.4) is 0 Å². The van der Waals surface area contributed by atoms with Gasteiger partial charge >= 0.3 is 0 Å². The largest absolute Gasteiger partial charge is 0.345 e. The Hall–Kier alpha value is -2.69. The zero-order chi connectivity index (χ0) is 17.1. The van der Waals surface area contributed by atoms with Crippen molar-refractivity contribution in [1.29, 1.82) is 0 Å². The zero-order valence-corrected chi connectivity index (χ0v) is 14.2. The Morgan fingerprint density at radius 1 is 1.17 bits per heavy atom. The van der Waals surface area contributed by atoms with E-state index >= 15 is 0 Å². The Morgan fingerprint density at radius 2 is 1.92 bits per heavy atom. The highest BCUT2D eigenvalue weighted by Gasteiger charge is 2.19. The van der Waals surface area contributed by atoms with Crippen molar-refractivity contribution in [3.8, 4) is 0 Å². The fourth-order valence-electron chi connectivity index (χ4n) is 2.87. The van der Waals surface area contributed by atoms with Gasteiger partial charge in [0.1, 0.15) is 5.52 Å². The molecule has 3 rings (SSSR count). The fraction of sp³-hybridized carbons (Fsp3) is 0.316. The maximum Gasteiger partial charge on any atom is 0.251 e. The van der Waals surface area contributed by atoms with E-state index in [2.05, 4.69) is 29.5 Å². The second-order valence-corrected chi connectivity index (χ2v) is 6.21. The molecule has 0 aliphatic heterocycles. The van der Waals surface area contributed by atoms with Gasteiger partial charge in [0.15, 0.2) is 0 Å². The van der Waals surface area contributed by atoms with Crippen LogP contribution < -0.4 is 5.32 Å². The highest BCUT2D eigenvalue weighted by Crippen LogP contribution is 2.22. The minimum atomic E-state index is -0.0921. The van der Waals surface area contributed by atoms with Gasteiger partial charge in [0.2, 0.25) is 0 Å². The monoisotopic (exact) mass is 322 g/mol. The second kappa shape index (κ2) is 6.83. The Kier molecular flexibility index (Phi) is 4.60. The average Bonchev–Trinajstić information content (AvgIpc) is 3.02. The Bertz CT molecular complexity index is 839. The van der Waals surface area contributed by atoms with Gasteiger partial charge in [-0.1, -0.05) is 49.4 Å². The molecule has 0 fully saturated rings. The lowest BCUT2D eigenvalue weighted by Crippen LogP contribution is -2.31. The molecule has 1 heterocycles. The van der Waals surface area contributed by atoms with Crippen molar-refractivity contribution in [2.45, 2.75) is 33.4 Å². The van der Waals surface area contributed by atoms with Gasteiger partial charge in [-0.15, -0.1) is 5.10 Å². The third-order valence-corrected chi connectivity index (χ3v) is 4.19. The second-order valence-electron chi connectivity index (χ2n) is 6.21. The lowest BCUT2D eigenvalue weighted by atomic mass is 9.95. The summed E-state index contributed by atoms with van der Waals surface area (Å²) in [5, 5.41) is 11.4. The van der Waals surface area contributed by atoms with Crippen molar-refractivity contribution in [2.75, 3.05) is 0 Å². The minimum Gasteiger partial charge on any atom is -0.345 e. The molecule has 0 aliphatic rings. The van der Waals surface area contributed by atoms with Crippen LogP contribution >= 0.6 is 0 Å². The molecule has 0 aliphatic carbocycles. The molecule has 1 atom stereocenters. The molecule has 24 heavy (non-hydrogen) atoms. The van der Waals surface area contributed by atoms with E-state index in [-0.39, 0.29) is 11.9 Å². The molecule has 0 spiro atoms. The smallest absolute Gasteiger partial charge is 0.251 e. The van der Waals surface area contributed by atoms with Crippen molar-refractivity contribution in [3.63, 3.8) is 0 Å². The third-order valence-electron chi connectivity index (χ3n) is 4.19. The molecule has 0 saturated carbocycles. The van der Waals surface area contributed by atoms with Gasteiger partial charge in [-0.2, -0.15) is 0 Å². The Labute approximate surface area is 141 Å². The summed E-state index contributed by atoms with van der Waals surface area (Å²) < 4.78 is 1.82. The highest BCUT2D eigenvalue weighted by molar-refractivity contribution is 5.97. The molecule has 124 valence electrons. The standard InChI is InChI=1S/C19H22N4O/c1-4-23-17-11-10-15(12-16(17)21-22-23)19(24)20-18(13(2)3)14-8-6-5-7-9-14/h5-13,18H,4H2,1-3H3,(H,20,24). The Morgan fingerprint density at radius 3 is 2.58 bits per heavy atom. The molecule has 1 N–H and O–H groups in total. The average molecular weight is 322 g/mol. The zero-order valence-electron chi connectivity index (χ0n) is 14.2. The number of nitrogens with zero attached hydrogens (tertiary/aromatic N) is 3. The van der Waals surface area contributed by atoms with Crippen LogP contribution in [0.4, 0.5) is 0 Å². The number of nitrogens with one attached hydrogen (secondary N) is 1. The van der Waals surface area contributed by atoms with Crippen LogP contribution in [0.1, 0.15) is 42.7 Å². The number of fused-ring (bicyclic) bond motifs is 1. The van der Waals surface area contributed by atoms with Gasteiger partial charge < -0.3 is 5.32 Å². The molecule has 5 nitrogen and oxygen atoms in total. The number of aryl methyl sites for hydroxylation is 1. The summed E-state index contributed by atoms with van der Waals surface area (Å²) in [6, 6.07) is 15.6. The molecule has 2 aromatic carbocycles. The van der Waals surface area contributed by atoms with Gasteiger partial charge in [-0.05, 0) is 36.6 Å². The van der Waals surface area contributed by atoms with Crippen LogP contribution in [-0.2, 0) is 6.54 Å². The van der Waals surface area contributed by atoms with Crippen molar-refractivity contribution in [3.05, 3.63) is 59.7 Å². The molecule has 1 amide bonds. The van der Waals surface area contributed by atoms with Gasteiger partial charge in [0, 0.05) is 12.1 Å². The SMILES string of the molecule is CCn1nnc2cc(C(=O)NC(c3ccccc3)C(C)C)ccc21. The first-order chi connectivity index (χ1) is 11.6. The first kappa shape index (κ1) is 16.2. The van der Waals surface area contributed by atoms with E-state index in [0.717, 1.165) is 23.1 Å². The number of carbonyl (C=O) groups excluding carboxylic acids is 1. The molecule has 3 aromatic rings.